The highest BCUT2D eigenvalue weighted by molar-refractivity contribution is 9.10. The van der Waals surface area contributed by atoms with E-state index in [9.17, 15) is 8.78 Å². The molecule has 0 aromatic heterocycles. The first-order valence-electron chi connectivity index (χ1n) is 3.98. The molecule has 0 N–H and O–H groups in total. The minimum absolute atomic E-state index is 0.0954. The van der Waals surface area contributed by atoms with Crippen molar-refractivity contribution < 1.29 is 13.5 Å². The van der Waals surface area contributed by atoms with Gasteiger partial charge in [-0.1, -0.05) is 15.9 Å². The minimum atomic E-state index is -0.970. The number of alkyl halides is 1. The molecule has 0 unspecified atom stereocenters. The van der Waals surface area contributed by atoms with E-state index in [0.717, 1.165) is 6.07 Å². The Kier molecular flexibility index (Phi) is 4.62. The Morgan fingerprint density at radius 2 is 2.07 bits per heavy atom. The average molecular weight is 286 g/mol. The van der Waals surface area contributed by atoms with Crippen molar-refractivity contribution in [3.05, 3.63) is 28.2 Å². The molecule has 0 aliphatic rings. The number of benzene rings is 1. The Morgan fingerprint density at radius 1 is 1.36 bits per heavy atom. The summed E-state index contributed by atoms with van der Waals surface area (Å²) in [5, 5.41) is 0. The summed E-state index contributed by atoms with van der Waals surface area (Å²) in [7, 11) is 0. The highest BCUT2D eigenvalue weighted by Crippen LogP contribution is 2.25. The summed E-state index contributed by atoms with van der Waals surface area (Å²) in [6.45, 7) is 0.274. The lowest BCUT2D eigenvalue weighted by Gasteiger charge is -2.07. The maximum atomic E-state index is 13.1. The van der Waals surface area contributed by atoms with Crippen molar-refractivity contribution in [1.82, 2.24) is 0 Å². The van der Waals surface area contributed by atoms with E-state index in [4.69, 9.17) is 16.3 Å². The van der Waals surface area contributed by atoms with Gasteiger partial charge in [-0.2, -0.15) is 4.39 Å². The second-order valence-corrected chi connectivity index (χ2v) is 3.88. The summed E-state index contributed by atoms with van der Waals surface area (Å²) >= 11 is 8.46. The van der Waals surface area contributed by atoms with E-state index in [2.05, 4.69) is 15.9 Å². The molecule has 0 saturated carbocycles. The van der Waals surface area contributed by atoms with Crippen molar-refractivity contribution in [2.75, 3.05) is 12.5 Å². The first kappa shape index (κ1) is 11.7. The van der Waals surface area contributed by atoms with E-state index in [1.54, 1.807) is 0 Å². The quantitative estimate of drug-likeness (QED) is 0.465. The Hall–Kier alpha value is -0.350. The molecule has 0 heterocycles. The fourth-order valence-electron chi connectivity index (χ4n) is 0.874. The van der Waals surface area contributed by atoms with Crippen LogP contribution >= 0.6 is 27.5 Å². The lowest BCUT2D eigenvalue weighted by atomic mass is 10.3. The summed E-state index contributed by atoms with van der Waals surface area (Å²) < 4.78 is 31.3. The van der Waals surface area contributed by atoms with Crippen LogP contribution in [0.1, 0.15) is 6.42 Å². The van der Waals surface area contributed by atoms with Crippen molar-refractivity contribution in [2.24, 2.45) is 0 Å². The van der Waals surface area contributed by atoms with Gasteiger partial charge < -0.3 is 4.74 Å². The molecule has 0 atom stereocenters. The standard InChI is InChI=1S/C9H8BrClF2O/c10-6-4-7(12)9(13)8(5-6)14-3-1-2-11/h4-5H,1-3H2. The van der Waals surface area contributed by atoms with E-state index in [1.807, 2.05) is 0 Å². The maximum Gasteiger partial charge on any atom is 0.200 e. The molecule has 0 amide bonds. The zero-order valence-corrected chi connectivity index (χ0v) is 9.54. The van der Waals surface area contributed by atoms with Crippen molar-refractivity contribution in [3.63, 3.8) is 0 Å². The van der Waals surface area contributed by atoms with Crippen LogP contribution in [-0.2, 0) is 0 Å². The third-order valence-corrected chi connectivity index (χ3v) is 2.22. The lowest BCUT2D eigenvalue weighted by molar-refractivity contribution is 0.296. The van der Waals surface area contributed by atoms with Crippen LogP contribution < -0.4 is 4.74 Å². The van der Waals surface area contributed by atoms with Gasteiger partial charge in [0.2, 0.25) is 5.82 Å². The topological polar surface area (TPSA) is 9.23 Å². The largest absolute Gasteiger partial charge is 0.490 e. The monoisotopic (exact) mass is 284 g/mol. The van der Waals surface area contributed by atoms with Crippen LogP contribution in [0.4, 0.5) is 8.78 Å². The van der Waals surface area contributed by atoms with Crippen molar-refractivity contribution >= 4 is 27.5 Å². The van der Waals surface area contributed by atoms with Crippen molar-refractivity contribution in [2.45, 2.75) is 6.42 Å². The van der Waals surface area contributed by atoms with Crippen LogP contribution in [0.25, 0.3) is 0 Å². The van der Waals surface area contributed by atoms with Gasteiger partial charge in [-0.25, -0.2) is 4.39 Å². The first-order valence-corrected chi connectivity index (χ1v) is 5.31. The summed E-state index contributed by atoms with van der Waals surface area (Å²) in [4.78, 5) is 0. The molecule has 0 bridgehead atoms. The van der Waals surface area contributed by atoms with Gasteiger partial charge in [0.05, 0.1) is 6.61 Å². The SMILES string of the molecule is Fc1cc(Br)cc(OCCCCl)c1F. The predicted molar refractivity (Wildman–Crippen MR) is 54.9 cm³/mol. The predicted octanol–water partition coefficient (Wildman–Crippen LogP) is 3.74. The Bertz CT molecular complexity index is 320. The van der Waals surface area contributed by atoms with Gasteiger partial charge in [-0.15, -0.1) is 11.6 Å². The zero-order chi connectivity index (χ0) is 10.6. The van der Waals surface area contributed by atoms with Gasteiger partial charge in [0.1, 0.15) is 0 Å². The zero-order valence-electron chi connectivity index (χ0n) is 7.20. The van der Waals surface area contributed by atoms with E-state index < -0.39 is 11.6 Å². The third kappa shape index (κ3) is 3.10. The summed E-state index contributed by atoms with van der Waals surface area (Å²) in [5.74, 6) is -1.57. The number of hydrogen-bond acceptors (Lipinski definition) is 1. The molecule has 14 heavy (non-hydrogen) atoms. The minimum Gasteiger partial charge on any atom is -0.490 e. The molecule has 0 fully saturated rings. The normalized spacial score (nSPS) is 10.3. The molecule has 1 aromatic rings. The van der Waals surface area contributed by atoms with Crippen LogP contribution in [0.15, 0.2) is 16.6 Å². The van der Waals surface area contributed by atoms with Gasteiger partial charge in [0.25, 0.3) is 0 Å². The van der Waals surface area contributed by atoms with Crippen LogP contribution in [-0.4, -0.2) is 12.5 Å². The summed E-state index contributed by atoms with van der Waals surface area (Å²) in [5.41, 5.74) is 0. The number of rotatable bonds is 4. The molecule has 78 valence electrons. The first-order chi connectivity index (χ1) is 6.65. The number of halogens is 4. The van der Waals surface area contributed by atoms with Crippen LogP contribution in [0.2, 0.25) is 0 Å². The second kappa shape index (κ2) is 5.51. The summed E-state index contributed by atoms with van der Waals surface area (Å²) in [6.07, 6.45) is 0.592. The van der Waals surface area contributed by atoms with Gasteiger partial charge in [0, 0.05) is 10.4 Å². The molecular formula is C9H8BrClF2O. The molecular weight excluding hydrogens is 277 g/mol. The van der Waals surface area contributed by atoms with E-state index in [1.165, 1.54) is 6.07 Å². The molecule has 0 aliphatic heterocycles. The molecule has 0 radical (unpaired) electrons. The smallest absolute Gasteiger partial charge is 0.200 e. The molecule has 0 aliphatic carbocycles. The lowest BCUT2D eigenvalue weighted by Crippen LogP contribution is -2.01. The van der Waals surface area contributed by atoms with Gasteiger partial charge in [-0.3, -0.25) is 0 Å². The van der Waals surface area contributed by atoms with Gasteiger partial charge in [0.15, 0.2) is 11.6 Å². The van der Waals surface area contributed by atoms with Crippen LogP contribution in [0.3, 0.4) is 0 Å². The fourth-order valence-corrected chi connectivity index (χ4v) is 1.39. The Morgan fingerprint density at radius 3 is 2.71 bits per heavy atom. The van der Waals surface area contributed by atoms with Crippen molar-refractivity contribution in [3.8, 4) is 5.75 Å². The number of hydrogen-bond donors (Lipinski definition) is 0. The molecule has 5 heteroatoms. The highest BCUT2D eigenvalue weighted by Gasteiger charge is 2.10. The average Bonchev–Trinajstić information content (AvgIpc) is 2.13. The molecule has 1 rings (SSSR count). The second-order valence-electron chi connectivity index (χ2n) is 2.59. The van der Waals surface area contributed by atoms with E-state index in [0.29, 0.717) is 16.8 Å². The third-order valence-electron chi connectivity index (χ3n) is 1.50. The Labute approximate surface area is 94.1 Å². The Balaban J connectivity index is 2.75. The number of ether oxygens (including phenoxy) is 1. The fraction of sp³-hybridized carbons (Fsp3) is 0.333. The maximum absolute atomic E-state index is 13.1. The highest BCUT2D eigenvalue weighted by atomic mass is 79.9. The van der Waals surface area contributed by atoms with Crippen LogP contribution in [0.5, 0.6) is 5.75 Å². The molecule has 0 saturated heterocycles. The van der Waals surface area contributed by atoms with E-state index >= 15 is 0 Å². The van der Waals surface area contributed by atoms with Gasteiger partial charge >= 0.3 is 0 Å². The molecule has 1 aromatic carbocycles. The van der Waals surface area contributed by atoms with Crippen molar-refractivity contribution in [1.29, 1.82) is 0 Å². The van der Waals surface area contributed by atoms with E-state index in [-0.39, 0.29) is 12.4 Å². The summed E-state index contributed by atoms with van der Waals surface area (Å²) in [6, 6.07) is 2.43. The molecule has 0 spiro atoms. The van der Waals surface area contributed by atoms with Gasteiger partial charge in [-0.05, 0) is 18.6 Å². The van der Waals surface area contributed by atoms with Crippen LogP contribution in [0, 0.1) is 11.6 Å². The molecule has 1 nitrogen and oxygen atoms in total.